The first kappa shape index (κ1) is 16.3. The Morgan fingerprint density at radius 2 is 1.84 bits per heavy atom. The second-order valence-electron chi connectivity index (χ2n) is 3.93. The first-order valence-electron chi connectivity index (χ1n) is 6.24. The third-order valence-corrected chi connectivity index (χ3v) is 3.15. The van der Waals surface area contributed by atoms with Gasteiger partial charge in [0.05, 0.1) is 26.9 Å². The zero-order valence-electron chi connectivity index (χ0n) is 11.5. The van der Waals surface area contributed by atoms with E-state index in [0.717, 1.165) is 28.8 Å². The van der Waals surface area contributed by atoms with Gasteiger partial charge in [0.25, 0.3) is 0 Å². The van der Waals surface area contributed by atoms with Crippen molar-refractivity contribution in [2.45, 2.75) is 11.8 Å². The Morgan fingerprint density at radius 3 is 2.53 bits per heavy atom. The molecular weight excluding hydrogens is 312 g/mol. The van der Waals surface area contributed by atoms with Crippen LogP contribution in [0.2, 0.25) is 0 Å². The summed E-state index contributed by atoms with van der Waals surface area (Å²) in [7, 11) is 3.31. The van der Waals surface area contributed by atoms with Gasteiger partial charge in [-0.3, -0.25) is 0 Å². The van der Waals surface area contributed by atoms with Gasteiger partial charge in [0, 0.05) is 25.5 Å². The standard InChI is InChI=1S/C14H21BrO4/c1-16-8-9-18-6-3-7-19-14-10-12(11-15)4-5-13(14)17-2/h4-5,10H,3,6-9,11H2,1-2H3. The molecule has 0 aromatic heterocycles. The van der Waals surface area contributed by atoms with E-state index >= 15 is 0 Å². The fourth-order valence-corrected chi connectivity index (χ4v) is 1.85. The molecule has 0 fully saturated rings. The first-order valence-corrected chi connectivity index (χ1v) is 7.36. The average Bonchev–Trinajstić information content (AvgIpc) is 2.46. The minimum absolute atomic E-state index is 0.606. The van der Waals surface area contributed by atoms with E-state index in [-0.39, 0.29) is 0 Å². The van der Waals surface area contributed by atoms with Crippen molar-refractivity contribution < 1.29 is 18.9 Å². The molecule has 0 atom stereocenters. The maximum Gasteiger partial charge on any atom is 0.161 e. The second kappa shape index (κ2) is 10.1. The molecule has 19 heavy (non-hydrogen) atoms. The zero-order valence-corrected chi connectivity index (χ0v) is 13.1. The van der Waals surface area contributed by atoms with Crippen molar-refractivity contribution in [2.24, 2.45) is 0 Å². The number of ether oxygens (including phenoxy) is 4. The summed E-state index contributed by atoms with van der Waals surface area (Å²) < 4.78 is 21.3. The van der Waals surface area contributed by atoms with Crippen LogP contribution in [0.15, 0.2) is 18.2 Å². The number of methoxy groups -OCH3 is 2. The Morgan fingerprint density at radius 1 is 1.00 bits per heavy atom. The van der Waals surface area contributed by atoms with E-state index < -0.39 is 0 Å². The summed E-state index contributed by atoms with van der Waals surface area (Å²) in [6.07, 6.45) is 0.839. The lowest BCUT2D eigenvalue weighted by Crippen LogP contribution is -2.07. The molecule has 0 saturated heterocycles. The van der Waals surface area contributed by atoms with Gasteiger partial charge in [-0.2, -0.15) is 0 Å². The molecule has 0 heterocycles. The lowest BCUT2D eigenvalue weighted by Gasteiger charge is -2.11. The smallest absolute Gasteiger partial charge is 0.161 e. The summed E-state index contributed by atoms with van der Waals surface area (Å²) in [6.45, 7) is 2.53. The molecule has 0 saturated carbocycles. The topological polar surface area (TPSA) is 36.9 Å². The Kier molecular flexibility index (Phi) is 8.62. The van der Waals surface area contributed by atoms with Crippen LogP contribution in [-0.2, 0) is 14.8 Å². The van der Waals surface area contributed by atoms with Crippen LogP contribution in [0.1, 0.15) is 12.0 Å². The van der Waals surface area contributed by atoms with Crippen molar-refractivity contribution in [3.63, 3.8) is 0 Å². The first-order chi connectivity index (χ1) is 9.31. The maximum absolute atomic E-state index is 5.72. The molecule has 1 aromatic carbocycles. The molecule has 0 aliphatic rings. The molecule has 0 bridgehead atoms. The van der Waals surface area contributed by atoms with Crippen molar-refractivity contribution >= 4 is 15.9 Å². The third kappa shape index (κ3) is 6.27. The fourth-order valence-electron chi connectivity index (χ4n) is 1.50. The molecule has 0 aliphatic carbocycles. The van der Waals surface area contributed by atoms with Crippen LogP contribution in [0.4, 0.5) is 0 Å². The highest BCUT2D eigenvalue weighted by atomic mass is 79.9. The number of hydrogen-bond acceptors (Lipinski definition) is 4. The van der Waals surface area contributed by atoms with Crippen molar-refractivity contribution in [3.05, 3.63) is 23.8 Å². The van der Waals surface area contributed by atoms with E-state index in [1.807, 2.05) is 18.2 Å². The lowest BCUT2D eigenvalue weighted by atomic mass is 10.2. The number of alkyl halides is 1. The van der Waals surface area contributed by atoms with Gasteiger partial charge >= 0.3 is 0 Å². The molecule has 1 rings (SSSR count). The molecule has 108 valence electrons. The highest BCUT2D eigenvalue weighted by molar-refractivity contribution is 9.08. The lowest BCUT2D eigenvalue weighted by molar-refractivity contribution is 0.0643. The fraction of sp³-hybridized carbons (Fsp3) is 0.571. The van der Waals surface area contributed by atoms with E-state index in [9.17, 15) is 0 Å². The Bertz CT molecular complexity index is 357. The summed E-state index contributed by atoms with van der Waals surface area (Å²) in [5.74, 6) is 1.53. The van der Waals surface area contributed by atoms with Gasteiger partial charge < -0.3 is 18.9 Å². The highest BCUT2D eigenvalue weighted by Crippen LogP contribution is 2.28. The van der Waals surface area contributed by atoms with Gasteiger partial charge in [-0.1, -0.05) is 22.0 Å². The zero-order chi connectivity index (χ0) is 13.9. The van der Waals surface area contributed by atoms with Crippen LogP contribution in [0.3, 0.4) is 0 Å². The van der Waals surface area contributed by atoms with Gasteiger partial charge in [-0.15, -0.1) is 0 Å². The van der Waals surface area contributed by atoms with Crippen molar-refractivity contribution in [3.8, 4) is 11.5 Å². The minimum atomic E-state index is 0.606. The van der Waals surface area contributed by atoms with Gasteiger partial charge in [-0.05, 0) is 17.7 Å². The van der Waals surface area contributed by atoms with Crippen LogP contribution in [0, 0.1) is 0 Å². The Balaban J connectivity index is 2.31. The molecule has 0 amide bonds. The Labute approximate surface area is 123 Å². The van der Waals surface area contributed by atoms with E-state index in [2.05, 4.69) is 15.9 Å². The Hall–Kier alpha value is -0.780. The third-order valence-electron chi connectivity index (χ3n) is 2.50. The predicted molar refractivity (Wildman–Crippen MR) is 78.4 cm³/mol. The van der Waals surface area contributed by atoms with Crippen LogP contribution < -0.4 is 9.47 Å². The normalized spacial score (nSPS) is 10.5. The molecule has 0 spiro atoms. The van der Waals surface area contributed by atoms with E-state index in [0.29, 0.717) is 26.4 Å². The van der Waals surface area contributed by atoms with Crippen LogP contribution in [0.25, 0.3) is 0 Å². The molecular formula is C14H21BrO4. The minimum Gasteiger partial charge on any atom is -0.493 e. The number of hydrogen-bond donors (Lipinski definition) is 0. The molecule has 0 radical (unpaired) electrons. The number of benzene rings is 1. The van der Waals surface area contributed by atoms with Gasteiger partial charge in [0.1, 0.15) is 0 Å². The monoisotopic (exact) mass is 332 g/mol. The molecule has 5 heteroatoms. The predicted octanol–water partition coefficient (Wildman–Crippen LogP) is 3.02. The van der Waals surface area contributed by atoms with Crippen LogP contribution in [0.5, 0.6) is 11.5 Å². The summed E-state index contributed by atoms with van der Waals surface area (Å²) in [6, 6.07) is 5.91. The van der Waals surface area contributed by atoms with Gasteiger partial charge in [-0.25, -0.2) is 0 Å². The summed E-state index contributed by atoms with van der Waals surface area (Å²) in [5, 5.41) is 0.799. The SMILES string of the molecule is COCCOCCCOc1cc(CBr)ccc1OC. The van der Waals surface area contributed by atoms with Gasteiger partial charge in [0.2, 0.25) is 0 Å². The highest BCUT2D eigenvalue weighted by Gasteiger charge is 2.05. The molecule has 0 unspecified atom stereocenters. The van der Waals surface area contributed by atoms with E-state index in [4.69, 9.17) is 18.9 Å². The van der Waals surface area contributed by atoms with Gasteiger partial charge in [0.15, 0.2) is 11.5 Å². The van der Waals surface area contributed by atoms with Crippen molar-refractivity contribution in [2.75, 3.05) is 40.6 Å². The molecule has 1 aromatic rings. The summed E-state index contributed by atoms with van der Waals surface area (Å²) in [5.41, 5.74) is 1.16. The van der Waals surface area contributed by atoms with E-state index in [1.165, 1.54) is 0 Å². The molecule has 0 N–H and O–H groups in total. The van der Waals surface area contributed by atoms with E-state index in [1.54, 1.807) is 14.2 Å². The number of rotatable bonds is 10. The number of halogens is 1. The average molecular weight is 333 g/mol. The van der Waals surface area contributed by atoms with Crippen molar-refractivity contribution in [1.29, 1.82) is 0 Å². The van der Waals surface area contributed by atoms with Crippen LogP contribution >= 0.6 is 15.9 Å². The molecule has 0 aliphatic heterocycles. The second-order valence-corrected chi connectivity index (χ2v) is 4.49. The largest absolute Gasteiger partial charge is 0.493 e. The quantitative estimate of drug-likeness (QED) is 0.487. The maximum atomic E-state index is 5.72. The van der Waals surface area contributed by atoms with Crippen molar-refractivity contribution in [1.82, 2.24) is 0 Å². The van der Waals surface area contributed by atoms with Crippen LogP contribution in [-0.4, -0.2) is 40.6 Å². The summed E-state index contributed by atoms with van der Waals surface area (Å²) in [4.78, 5) is 0. The molecule has 4 nitrogen and oxygen atoms in total. The summed E-state index contributed by atoms with van der Waals surface area (Å²) >= 11 is 3.43.